The number of carbonyl (C=O) groups excluding carboxylic acids is 1. The van der Waals surface area contributed by atoms with Crippen LogP contribution in [-0.2, 0) is 4.79 Å². The van der Waals surface area contributed by atoms with E-state index < -0.39 is 12.1 Å². The Morgan fingerprint density at radius 2 is 2.00 bits per heavy atom. The first-order chi connectivity index (χ1) is 4.88. The van der Waals surface area contributed by atoms with Crippen LogP contribution in [0.4, 0.5) is 13.2 Å². The molecule has 0 aliphatic carbocycles. The molecule has 0 heterocycles. The van der Waals surface area contributed by atoms with Gasteiger partial charge in [-0.15, -0.1) is 0 Å². The lowest BCUT2D eigenvalue weighted by atomic mass is 10.4. The van der Waals surface area contributed by atoms with Gasteiger partial charge in [0, 0.05) is 5.70 Å². The molecule has 0 aliphatic heterocycles. The highest BCUT2D eigenvalue weighted by Gasteiger charge is 2.38. The minimum Gasteiger partial charge on any atom is -0.323 e. The minimum atomic E-state index is -4.82. The van der Waals surface area contributed by atoms with Crippen LogP contribution < -0.4 is 5.32 Å². The normalized spacial score (nSPS) is 10.9. The van der Waals surface area contributed by atoms with Crippen molar-refractivity contribution in [1.82, 2.24) is 5.32 Å². The van der Waals surface area contributed by atoms with Gasteiger partial charge in [0.2, 0.25) is 0 Å². The van der Waals surface area contributed by atoms with Crippen molar-refractivity contribution < 1.29 is 18.0 Å². The summed E-state index contributed by atoms with van der Waals surface area (Å²) in [7, 11) is 0. The number of hydrogen-bond acceptors (Lipinski definition) is 1. The molecule has 0 aromatic rings. The fraction of sp³-hybridized carbons (Fsp3) is 0.500. The summed E-state index contributed by atoms with van der Waals surface area (Å²) in [6.07, 6.45) is -4.53. The van der Waals surface area contributed by atoms with E-state index in [4.69, 9.17) is 0 Å². The van der Waals surface area contributed by atoms with Crippen molar-refractivity contribution in [1.29, 1.82) is 0 Å². The summed E-state index contributed by atoms with van der Waals surface area (Å²) in [4.78, 5) is 10.1. The Labute approximate surface area is 62.1 Å². The zero-order valence-electron chi connectivity index (χ0n) is 5.96. The molecule has 0 saturated carbocycles. The SMILES string of the molecule is C=C(CC)NC(=O)C(F)(F)F. The van der Waals surface area contributed by atoms with Gasteiger partial charge in [0.25, 0.3) is 0 Å². The fourth-order valence-electron chi connectivity index (χ4n) is 0.320. The highest BCUT2D eigenvalue weighted by atomic mass is 19.4. The first-order valence-corrected chi connectivity index (χ1v) is 2.94. The molecule has 0 unspecified atom stereocenters. The first kappa shape index (κ1) is 10.0. The molecular formula is C6H8F3NO. The third-order valence-corrected chi connectivity index (χ3v) is 0.975. The number of allylic oxidation sites excluding steroid dienone is 1. The van der Waals surface area contributed by atoms with Crippen LogP contribution in [0, 0.1) is 0 Å². The van der Waals surface area contributed by atoms with E-state index in [1.54, 1.807) is 12.2 Å². The maximum absolute atomic E-state index is 11.5. The van der Waals surface area contributed by atoms with Crippen LogP contribution >= 0.6 is 0 Å². The second-order valence-corrected chi connectivity index (χ2v) is 1.91. The Bertz CT molecular complexity index is 173. The number of rotatable bonds is 2. The van der Waals surface area contributed by atoms with Crippen molar-refractivity contribution in [3.05, 3.63) is 12.3 Å². The van der Waals surface area contributed by atoms with Gasteiger partial charge < -0.3 is 5.32 Å². The van der Waals surface area contributed by atoms with Crippen LogP contribution in [0.3, 0.4) is 0 Å². The first-order valence-electron chi connectivity index (χ1n) is 2.94. The van der Waals surface area contributed by atoms with E-state index in [0.29, 0.717) is 6.42 Å². The number of nitrogens with one attached hydrogen (secondary N) is 1. The van der Waals surface area contributed by atoms with Crippen LogP contribution in [-0.4, -0.2) is 12.1 Å². The second kappa shape index (κ2) is 3.41. The number of hydrogen-bond donors (Lipinski definition) is 1. The molecule has 1 N–H and O–H groups in total. The Balaban J connectivity index is 3.99. The van der Waals surface area contributed by atoms with E-state index in [1.165, 1.54) is 0 Å². The van der Waals surface area contributed by atoms with E-state index in [0.717, 1.165) is 0 Å². The summed E-state index contributed by atoms with van der Waals surface area (Å²) in [5.41, 5.74) is 0.0623. The molecule has 0 atom stereocenters. The Hall–Kier alpha value is -1.00. The molecule has 0 radical (unpaired) electrons. The molecule has 2 nitrogen and oxygen atoms in total. The molecule has 0 aromatic heterocycles. The molecule has 11 heavy (non-hydrogen) atoms. The molecule has 0 aromatic carbocycles. The van der Waals surface area contributed by atoms with Crippen LogP contribution in [0.25, 0.3) is 0 Å². The van der Waals surface area contributed by atoms with Crippen molar-refractivity contribution in [3.8, 4) is 0 Å². The van der Waals surface area contributed by atoms with Crippen molar-refractivity contribution in [2.75, 3.05) is 0 Å². The van der Waals surface area contributed by atoms with Crippen LogP contribution in [0.2, 0.25) is 0 Å². The summed E-state index contributed by atoms with van der Waals surface area (Å²) < 4.78 is 34.5. The van der Waals surface area contributed by atoms with Gasteiger partial charge in [-0.2, -0.15) is 13.2 Å². The lowest BCUT2D eigenvalue weighted by Gasteiger charge is -2.07. The van der Waals surface area contributed by atoms with E-state index >= 15 is 0 Å². The number of carbonyl (C=O) groups is 1. The van der Waals surface area contributed by atoms with Crippen LogP contribution in [0.1, 0.15) is 13.3 Å². The molecule has 5 heteroatoms. The Kier molecular flexibility index (Phi) is 3.10. The van der Waals surface area contributed by atoms with E-state index in [2.05, 4.69) is 6.58 Å². The van der Waals surface area contributed by atoms with Crippen molar-refractivity contribution in [2.24, 2.45) is 0 Å². The van der Waals surface area contributed by atoms with Crippen molar-refractivity contribution in [3.63, 3.8) is 0 Å². The highest BCUT2D eigenvalue weighted by Crippen LogP contribution is 2.14. The average Bonchev–Trinajstić information content (AvgIpc) is 1.85. The molecule has 0 rings (SSSR count). The number of alkyl halides is 3. The third kappa shape index (κ3) is 3.64. The summed E-state index contributed by atoms with van der Waals surface area (Å²) in [5.74, 6) is -1.97. The summed E-state index contributed by atoms with van der Waals surface area (Å²) in [6, 6.07) is 0. The molecule has 1 amide bonds. The van der Waals surface area contributed by atoms with Gasteiger partial charge in [-0.25, -0.2) is 0 Å². The summed E-state index contributed by atoms with van der Waals surface area (Å²) in [5, 5.41) is 1.61. The lowest BCUT2D eigenvalue weighted by Crippen LogP contribution is -2.35. The molecule has 0 spiro atoms. The van der Waals surface area contributed by atoms with Gasteiger partial charge in [-0.3, -0.25) is 4.79 Å². The van der Waals surface area contributed by atoms with Crippen molar-refractivity contribution in [2.45, 2.75) is 19.5 Å². The van der Waals surface area contributed by atoms with Gasteiger partial charge in [0.15, 0.2) is 0 Å². The zero-order chi connectivity index (χ0) is 9.07. The number of amides is 1. The third-order valence-electron chi connectivity index (χ3n) is 0.975. The standard InChI is InChI=1S/C6H8F3NO/c1-3-4(2)10-5(11)6(7,8)9/h2-3H2,1H3,(H,10,11). The summed E-state index contributed by atoms with van der Waals surface area (Å²) in [6.45, 7) is 4.79. The molecular weight excluding hydrogens is 159 g/mol. The van der Waals surface area contributed by atoms with Crippen LogP contribution in [0.15, 0.2) is 12.3 Å². The van der Waals surface area contributed by atoms with Gasteiger partial charge >= 0.3 is 12.1 Å². The molecule has 0 bridgehead atoms. The van der Waals surface area contributed by atoms with Gasteiger partial charge in [-0.1, -0.05) is 13.5 Å². The monoisotopic (exact) mass is 167 g/mol. The Morgan fingerprint density at radius 3 is 2.27 bits per heavy atom. The maximum Gasteiger partial charge on any atom is 0.471 e. The Morgan fingerprint density at radius 1 is 1.55 bits per heavy atom. The molecule has 0 fully saturated rings. The smallest absolute Gasteiger partial charge is 0.323 e. The quantitative estimate of drug-likeness (QED) is 0.664. The second-order valence-electron chi connectivity index (χ2n) is 1.91. The highest BCUT2D eigenvalue weighted by molar-refractivity contribution is 5.83. The molecule has 64 valence electrons. The fourth-order valence-corrected chi connectivity index (χ4v) is 0.320. The maximum atomic E-state index is 11.5. The van der Waals surface area contributed by atoms with Gasteiger partial charge in [-0.05, 0) is 6.42 Å². The molecule has 0 saturated heterocycles. The lowest BCUT2D eigenvalue weighted by molar-refractivity contribution is -0.172. The predicted molar refractivity (Wildman–Crippen MR) is 33.6 cm³/mol. The predicted octanol–water partition coefficient (Wildman–Crippen LogP) is 1.59. The zero-order valence-corrected chi connectivity index (χ0v) is 5.96. The minimum absolute atomic E-state index is 0.0623. The topological polar surface area (TPSA) is 29.1 Å². The van der Waals surface area contributed by atoms with Gasteiger partial charge in [0.05, 0.1) is 0 Å². The largest absolute Gasteiger partial charge is 0.471 e. The van der Waals surface area contributed by atoms with Gasteiger partial charge in [0.1, 0.15) is 0 Å². The average molecular weight is 167 g/mol. The van der Waals surface area contributed by atoms with Crippen molar-refractivity contribution >= 4 is 5.91 Å². The number of halogens is 3. The van der Waals surface area contributed by atoms with E-state index in [9.17, 15) is 18.0 Å². The summed E-state index contributed by atoms with van der Waals surface area (Å²) >= 11 is 0. The molecule has 0 aliphatic rings. The van der Waals surface area contributed by atoms with E-state index in [-0.39, 0.29) is 5.70 Å². The van der Waals surface area contributed by atoms with Crippen LogP contribution in [0.5, 0.6) is 0 Å². The van der Waals surface area contributed by atoms with E-state index in [1.807, 2.05) is 0 Å².